The Balaban J connectivity index is 2.26. The van der Waals surface area contributed by atoms with Gasteiger partial charge in [-0.3, -0.25) is 9.59 Å². The highest BCUT2D eigenvalue weighted by molar-refractivity contribution is 8.03. The summed E-state index contributed by atoms with van der Waals surface area (Å²) in [5.41, 5.74) is 0.980. The van der Waals surface area contributed by atoms with Crippen molar-refractivity contribution >= 4 is 46.5 Å². The molecule has 0 spiro atoms. The molecule has 0 N–H and O–H groups in total. The molecular weight excluding hydrogens is 339 g/mol. The van der Waals surface area contributed by atoms with Crippen LogP contribution in [0.4, 0.5) is 0 Å². The van der Waals surface area contributed by atoms with E-state index in [9.17, 15) is 9.59 Å². The molecule has 2 aromatic carbocycles. The lowest BCUT2D eigenvalue weighted by atomic mass is 10.1. The summed E-state index contributed by atoms with van der Waals surface area (Å²) in [4.78, 5) is 25.0. The molecule has 2 rings (SSSR count). The first-order valence-corrected chi connectivity index (χ1v) is 8.35. The number of hydrogen-bond acceptors (Lipinski definition) is 3. The van der Waals surface area contributed by atoms with Crippen molar-refractivity contribution in [1.29, 1.82) is 0 Å². The van der Waals surface area contributed by atoms with Gasteiger partial charge < -0.3 is 0 Å². The Hall–Kier alpha value is -1.55. The molecule has 0 saturated carbocycles. The fourth-order valence-electron chi connectivity index (χ4n) is 1.78. The average Bonchev–Trinajstić information content (AvgIpc) is 2.53. The minimum Gasteiger partial charge on any atom is -0.289 e. The van der Waals surface area contributed by atoms with Crippen molar-refractivity contribution in [1.82, 2.24) is 0 Å². The van der Waals surface area contributed by atoms with Gasteiger partial charge in [0, 0.05) is 27.2 Å². The topological polar surface area (TPSA) is 34.1 Å². The summed E-state index contributed by atoms with van der Waals surface area (Å²) >= 11 is 12.8. The maximum absolute atomic E-state index is 12.4. The molecule has 0 saturated heterocycles. The van der Waals surface area contributed by atoms with Crippen LogP contribution in [-0.4, -0.2) is 17.8 Å². The van der Waals surface area contributed by atoms with Gasteiger partial charge in [0.05, 0.1) is 4.91 Å². The third-order valence-electron chi connectivity index (χ3n) is 2.94. The van der Waals surface area contributed by atoms with Crippen molar-refractivity contribution in [2.75, 3.05) is 6.26 Å². The first kappa shape index (κ1) is 16.8. The second-order valence-electron chi connectivity index (χ2n) is 4.42. The second kappa shape index (κ2) is 7.63. The fraction of sp³-hybridized carbons (Fsp3) is 0.0588. The molecular formula is C17H12Cl2O2S. The monoisotopic (exact) mass is 350 g/mol. The van der Waals surface area contributed by atoms with Gasteiger partial charge in [-0.1, -0.05) is 23.2 Å². The molecule has 0 aliphatic rings. The number of allylic oxidation sites excluding steroid dienone is 2. The van der Waals surface area contributed by atoms with Crippen molar-refractivity contribution in [3.63, 3.8) is 0 Å². The fourth-order valence-corrected chi connectivity index (χ4v) is 2.56. The number of rotatable bonds is 5. The molecule has 0 fully saturated rings. The number of carbonyl (C=O) groups excluding carboxylic acids is 2. The van der Waals surface area contributed by atoms with E-state index in [1.807, 2.05) is 0 Å². The van der Waals surface area contributed by atoms with E-state index in [0.29, 0.717) is 26.1 Å². The van der Waals surface area contributed by atoms with Gasteiger partial charge >= 0.3 is 0 Å². The predicted octanol–water partition coefficient (Wildman–Crippen LogP) is 5.31. The maximum Gasteiger partial charge on any atom is 0.199 e. The van der Waals surface area contributed by atoms with Crippen LogP contribution in [0.3, 0.4) is 0 Å². The van der Waals surface area contributed by atoms with Crippen LogP contribution in [0.2, 0.25) is 10.0 Å². The van der Waals surface area contributed by atoms with Gasteiger partial charge in [0.2, 0.25) is 0 Å². The second-order valence-corrected chi connectivity index (χ2v) is 6.14. The summed E-state index contributed by atoms with van der Waals surface area (Å²) in [6.07, 6.45) is 3.11. The SMILES string of the molecule is CS/C(=C\C(=O)c1ccc(Cl)cc1)C(=O)c1ccc(Cl)cc1. The highest BCUT2D eigenvalue weighted by atomic mass is 35.5. The summed E-state index contributed by atoms with van der Waals surface area (Å²) in [6.45, 7) is 0. The number of benzene rings is 2. The standard InChI is InChI=1S/C17H12Cl2O2S/c1-22-16(17(21)12-4-8-14(19)9-5-12)10-15(20)11-2-6-13(18)7-3-11/h2-10H,1H3/b16-10-. The van der Waals surface area contributed by atoms with Crippen LogP contribution in [0.1, 0.15) is 20.7 Å². The van der Waals surface area contributed by atoms with Gasteiger partial charge in [-0.25, -0.2) is 0 Å². The lowest BCUT2D eigenvalue weighted by Crippen LogP contribution is -2.04. The van der Waals surface area contributed by atoms with Crippen molar-refractivity contribution < 1.29 is 9.59 Å². The largest absolute Gasteiger partial charge is 0.289 e. The van der Waals surface area contributed by atoms with Gasteiger partial charge in [-0.2, -0.15) is 0 Å². The summed E-state index contributed by atoms with van der Waals surface area (Å²) < 4.78 is 0. The molecule has 5 heteroatoms. The molecule has 0 bridgehead atoms. The Labute approximate surface area is 143 Å². The zero-order valence-electron chi connectivity index (χ0n) is 11.7. The van der Waals surface area contributed by atoms with E-state index in [2.05, 4.69) is 0 Å². The maximum atomic E-state index is 12.4. The lowest BCUT2D eigenvalue weighted by molar-refractivity contribution is 0.101. The van der Waals surface area contributed by atoms with Crippen molar-refractivity contribution in [2.24, 2.45) is 0 Å². The Morgan fingerprint density at radius 1 is 0.864 bits per heavy atom. The summed E-state index contributed by atoms with van der Waals surface area (Å²) in [6, 6.07) is 13.1. The molecule has 0 radical (unpaired) electrons. The number of Topliss-reactive ketones (excluding diaryl/α,β-unsaturated/α-hetero) is 1. The van der Waals surface area contributed by atoms with E-state index < -0.39 is 0 Å². The number of ketones is 2. The minimum absolute atomic E-state index is 0.202. The van der Waals surface area contributed by atoms with Crippen LogP contribution in [0, 0.1) is 0 Å². The quantitative estimate of drug-likeness (QED) is 0.541. The minimum atomic E-state index is -0.233. The van der Waals surface area contributed by atoms with E-state index in [-0.39, 0.29) is 11.6 Å². The molecule has 0 aromatic heterocycles. The molecule has 2 aromatic rings. The van der Waals surface area contributed by atoms with E-state index in [1.54, 1.807) is 54.8 Å². The predicted molar refractivity (Wildman–Crippen MR) is 93.2 cm³/mol. The van der Waals surface area contributed by atoms with Crippen LogP contribution in [0.25, 0.3) is 0 Å². The molecule has 2 nitrogen and oxygen atoms in total. The van der Waals surface area contributed by atoms with Crippen LogP contribution in [0.5, 0.6) is 0 Å². The Kier molecular flexibility index (Phi) is 5.83. The van der Waals surface area contributed by atoms with Gasteiger partial charge in [-0.15, -0.1) is 11.8 Å². The number of halogens is 2. The van der Waals surface area contributed by atoms with Crippen molar-refractivity contribution in [2.45, 2.75) is 0 Å². The van der Waals surface area contributed by atoms with Crippen molar-refractivity contribution in [3.8, 4) is 0 Å². The lowest BCUT2D eigenvalue weighted by Gasteiger charge is -2.04. The number of hydrogen-bond donors (Lipinski definition) is 0. The highest BCUT2D eigenvalue weighted by Crippen LogP contribution is 2.21. The Bertz CT molecular complexity index is 719. The van der Waals surface area contributed by atoms with E-state index >= 15 is 0 Å². The molecule has 0 amide bonds. The number of carbonyl (C=O) groups is 2. The van der Waals surface area contributed by atoms with Crippen LogP contribution in [-0.2, 0) is 0 Å². The Morgan fingerprint density at radius 3 is 1.77 bits per heavy atom. The normalized spacial score (nSPS) is 11.3. The van der Waals surface area contributed by atoms with Gasteiger partial charge in [-0.05, 0) is 54.8 Å². The first-order chi connectivity index (χ1) is 10.5. The Morgan fingerprint density at radius 2 is 1.32 bits per heavy atom. The van der Waals surface area contributed by atoms with Crippen LogP contribution >= 0.6 is 35.0 Å². The summed E-state index contributed by atoms with van der Waals surface area (Å²) in [7, 11) is 0. The molecule has 112 valence electrons. The summed E-state index contributed by atoms with van der Waals surface area (Å²) in [5.74, 6) is -0.435. The first-order valence-electron chi connectivity index (χ1n) is 6.37. The third-order valence-corrected chi connectivity index (χ3v) is 4.19. The van der Waals surface area contributed by atoms with Gasteiger partial charge in [0.1, 0.15) is 0 Å². The molecule has 0 unspecified atom stereocenters. The van der Waals surface area contributed by atoms with E-state index in [4.69, 9.17) is 23.2 Å². The average molecular weight is 351 g/mol. The van der Waals surface area contributed by atoms with Gasteiger partial charge in [0.25, 0.3) is 0 Å². The molecule has 0 heterocycles. The van der Waals surface area contributed by atoms with Crippen LogP contribution < -0.4 is 0 Å². The molecule has 22 heavy (non-hydrogen) atoms. The zero-order valence-corrected chi connectivity index (χ0v) is 14.0. The molecule has 0 aliphatic carbocycles. The molecule has 0 atom stereocenters. The zero-order chi connectivity index (χ0) is 16.1. The smallest absolute Gasteiger partial charge is 0.199 e. The highest BCUT2D eigenvalue weighted by Gasteiger charge is 2.14. The summed E-state index contributed by atoms with van der Waals surface area (Å²) in [5, 5.41) is 1.12. The van der Waals surface area contributed by atoms with Gasteiger partial charge in [0.15, 0.2) is 11.6 Å². The van der Waals surface area contributed by atoms with E-state index in [0.717, 1.165) is 0 Å². The molecule has 0 aliphatic heterocycles. The third kappa shape index (κ3) is 4.23. The van der Waals surface area contributed by atoms with Crippen molar-refractivity contribution in [3.05, 3.63) is 80.7 Å². The van der Waals surface area contributed by atoms with E-state index in [1.165, 1.54) is 17.8 Å². The van der Waals surface area contributed by atoms with Crippen LogP contribution in [0.15, 0.2) is 59.5 Å². The number of thioether (sulfide) groups is 1.